The van der Waals surface area contributed by atoms with Crippen LogP contribution in [0.5, 0.6) is 5.75 Å². The fraction of sp³-hybridized carbons (Fsp3) is 0.200. The molecule has 0 bridgehead atoms. The highest BCUT2D eigenvalue weighted by Gasteiger charge is 2.27. The lowest BCUT2D eigenvalue weighted by Crippen LogP contribution is -2.39. The van der Waals surface area contributed by atoms with Gasteiger partial charge in [0.2, 0.25) is 0 Å². The molecule has 176 valence electrons. The molecule has 7 nitrogen and oxygen atoms in total. The van der Waals surface area contributed by atoms with Gasteiger partial charge in [-0.1, -0.05) is 30.3 Å². The Bertz CT molecular complexity index is 1260. The Hall–Kier alpha value is -3.30. The molecule has 1 heterocycles. The molecule has 1 fully saturated rings. The van der Waals surface area contributed by atoms with Crippen LogP contribution in [-0.2, 0) is 14.8 Å². The molecule has 4 rings (SSSR count). The molecule has 0 aromatic heterocycles. The maximum atomic E-state index is 13.3. The number of thioether (sulfide) groups is 1. The SMILES string of the molecule is Cc1cccc(N(CC(=O)N/N=C\c2ccc(OC3CSC3)cc2)S(=O)(=O)c2ccccc2)c1. The third kappa shape index (κ3) is 5.98. The molecule has 0 radical (unpaired) electrons. The second-order valence-corrected chi connectivity index (χ2v) is 10.7. The number of nitrogens with one attached hydrogen (secondary N) is 1. The van der Waals surface area contributed by atoms with Crippen molar-refractivity contribution in [2.24, 2.45) is 5.10 Å². The standard InChI is InChI=1S/C25H25N3O4S2/c1-19-6-5-7-21(14-19)28(34(30,31)24-8-3-2-4-9-24)16-25(29)27-26-15-20-10-12-22(13-11-20)32-23-17-33-18-23/h2-15,23H,16-18H2,1H3,(H,27,29)/b26-15-. The summed E-state index contributed by atoms with van der Waals surface area (Å²) < 4.78 is 33.5. The third-order valence-electron chi connectivity index (χ3n) is 5.10. The number of anilines is 1. The summed E-state index contributed by atoms with van der Waals surface area (Å²) in [6.07, 6.45) is 1.77. The van der Waals surface area contributed by atoms with Crippen molar-refractivity contribution in [3.8, 4) is 5.75 Å². The van der Waals surface area contributed by atoms with Crippen LogP contribution in [0.15, 0.2) is 88.9 Å². The number of ether oxygens (including phenoxy) is 1. The third-order valence-corrected chi connectivity index (χ3v) is 8.10. The minimum absolute atomic E-state index is 0.107. The number of hydrogen-bond acceptors (Lipinski definition) is 6. The Labute approximate surface area is 203 Å². The van der Waals surface area contributed by atoms with Gasteiger partial charge in [0.25, 0.3) is 15.9 Å². The minimum atomic E-state index is -3.95. The summed E-state index contributed by atoms with van der Waals surface area (Å²) in [4.78, 5) is 12.7. The van der Waals surface area contributed by atoms with Crippen molar-refractivity contribution < 1.29 is 17.9 Å². The molecule has 1 aliphatic heterocycles. The van der Waals surface area contributed by atoms with Gasteiger partial charge >= 0.3 is 0 Å². The summed E-state index contributed by atoms with van der Waals surface area (Å²) in [5, 5.41) is 3.99. The Balaban J connectivity index is 1.44. The van der Waals surface area contributed by atoms with Crippen molar-refractivity contribution in [2.75, 3.05) is 22.4 Å². The monoisotopic (exact) mass is 495 g/mol. The number of nitrogens with zero attached hydrogens (tertiary/aromatic N) is 2. The molecule has 0 atom stereocenters. The molecule has 1 saturated heterocycles. The van der Waals surface area contributed by atoms with E-state index >= 15 is 0 Å². The summed E-state index contributed by atoms with van der Waals surface area (Å²) >= 11 is 1.86. The normalized spacial score (nSPS) is 13.9. The first-order chi connectivity index (χ1) is 16.4. The van der Waals surface area contributed by atoms with E-state index < -0.39 is 22.5 Å². The van der Waals surface area contributed by atoms with Crippen LogP contribution in [0.1, 0.15) is 11.1 Å². The highest BCUT2D eigenvalue weighted by molar-refractivity contribution is 8.00. The maximum Gasteiger partial charge on any atom is 0.264 e. The number of carbonyl (C=O) groups excluding carboxylic acids is 1. The highest BCUT2D eigenvalue weighted by Crippen LogP contribution is 2.25. The van der Waals surface area contributed by atoms with Crippen LogP contribution in [0.3, 0.4) is 0 Å². The summed E-state index contributed by atoms with van der Waals surface area (Å²) in [6, 6.07) is 22.5. The van der Waals surface area contributed by atoms with Gasteiger partial charge in [-0.2, -0.15) is 16.9 Å². The molecule has 1 amide bonds. The number of rotatable bonds is 9. The van der Waals surface area contributed by atoms with E-state index in [1.165, 1.54) is 18.3 Å². The molecule has 0 saturated carbocycles. The Morgan fingerprint density at radius 2 is 1.82 bits per heavy atom. The van der Waals surface area contributed by atoms with Gasteiger partial charge in [-0.3, -0.25) is 9.10 Å². The summed E-state index contributed by atoms with van der Waals surface area (Å²) in [7, 11) is -3.95. The maximum absolute atomic E-state index is 13.3. The molecular formula is C25H25N3O4S2. The highest BCUT2D eigenvalue weighted by atomic mass is 32.2. The van der Waals surface area contributed by atoms with Crippen molar-refractivity contribution in [1.82, 2.24) is 5.43 Å². The zero-order chi connectivity index (χ0) is 24.0. The van der Waals surface area contributed by atoms with Crippen LogP contribution in [0, 0.1) is 6.92 Å². The lowest BCUT2D eigenvalue weighted by molar-refractivity contribution is -0.119. The molecule has 3 aromatic carbocycles. The molecule has 0 unspecified atom stereocenters. The van der Waals surface area contributed by atoms with E-state index in [4.69, 9.17) is 4.74 Å². The van der Waals surface area contributed by atoms with Gasteiger partial charge in [0, 0.05) is 11.5 Å². The van der Waals surface area contributed by atoms with E-state index in [1.807, 2.05) is 49.0 Å². The first-order valence-corrected chi connectivity index (χ1v) is 13.3. The fourth-order valence-electron chi connectivity index (χ4n) is 3.27. The fourth-order valence-corrected chi connectivity index (χ4v) is 5.27. The number of benzene rings is 3. The molecule has 1 N–H and O–H groups in total. The van der Waals surface area contributed by atoms with Crippen LogP contribution >= 0.6 is 11.8 Å². The smallest absolute Gasteiger partial charge is 0.264 e. The van der Waals surface area contributed by atoms with E-state index in [2.05, 4.69) is 10.5 Å². The molecule has 9 heteroatoms. The zero-order valence-electron chi connectivity index (χ0n) is 18.6. The predicted molar refractivity (Wildman–Crippen MR) is 136 cm³/mol. The van der Waals surface area contributed by atoms with E-state index in [0.29, 0.717) is 5.69 Å². The van der Waals surface area contributed by atoms with E-state index in [-0.39, 0.29) is 11.0 Å². The average molecular weight is 496 g/mol. The van der Waals surface area contributed by atoms with E-state index in [1.54, 1.807) is 36.4 Å². The topological polar surface area (TPSA) is 88.1 Å². The first kappa shape index (κ1) is 23.8. The molecular weight excluding hydrogens is 470 g/mol. The van der Waals surface area contributed by atoms with Crippen LogP contribution in [0.2, 0.25) is 0 Å². The second-order valence-electron chi connectivity index (χ2n) is 7.80. The van der Waals surface area contributed by atoms with Gasteiger partial charge in [0.15, 0.2) is 0 Å². The van der Waals surface area contributed by atoms with Crippen molar-refractivity contribution in [2.45, 2.75) is 17.9 Å². The van der Waals surface area contributed by atoms with Gasteiger partial charge in [-0.05, 0) is 66.6 Å². The van der Waals surface area contributed by atoms with Gasteiger partial charge in [0.05, 0.1) is 16.8 Å². The number of carbonyl (C=O) groups is 1. The second kappa shape index (κ2) is 10.8. The molecule has 0 aliphatic carbocycles. The molecule has 0 spiro atoms. The summed E-state index contributed by atoms with van der Waals surface area (Å²) in [5.41, 5.74) is 4.49. The molecule has 3 aromatic rings. The quantitative estimate of drug-likeness (QED) is 0.360. The molecule has 34 heavy (non-hydrogen) atoms. The van der Waals surface area contributed by atoms with Crippen molar-refractivity contribution >= 4 is 39.6 Å². The zero-order valence-corrected chi connectivity index (χ0v) is 20.3. The predicted octanol–water partition coefficient (Wildman–Crippen LogP) is 3.83. The molecule has 1 aliphatic rings. The van der Waals surface area contributed by atoms with Crippen LogP contribution in [0.4, 0.5) is 5.69 Å². The minimum Gasteiger partial charge on any atom is -0.489 e. The van der Waals surface area contributed by atoms with E-state index in [9.17, 15) is 13.2 Å². The van der Waals surface area contributed by atoms with Gasteiger partial charge in [-0.25, -0.2) is 13.8 Å². The van der Waals surface area contributed by atoms with Gasteiger partial charge in [0.1, 0.15) is 18.4 Å². The lowest BCUT2D eigenvalue weighted by atomic mass is 10.2. The van der Waals surface area contributed by atoms with Crippen LogP contribution < -0.4 is 14.5 Å². The van der Waals surface area contributed by atoms with Crippen molar-refractivity contribution in [1.29, 1.82) is 0 Å². The summed E-state index contributed by atoms with van der Waals surface area (Å²) in [5.74, 6) is 2.26. The lowest BCUT2D eigenvalue weighted by Gasteiger charge is -2.25. The van der Waals surface area contributed by atoms with Gasteiger partial charge in [-0.15, -0.1) is 0 Å². The van der Waals surface area contributed by atoms with Crippen molar-refractivity contribution in [3.05, 3.63) is 90.0 Å². The Morgan fingerprint density at radius 3 is 2.47 bits per heavy atom. The number of hydrogen-bond donors (Lipinski definition) is 1. The van der Waals surface area contributed by atoms with Crippen LogP contribution in [-0.4, -0.2) is 44.7 Å². The Kier molecular flexibility index (Phi) is 7.54. The van der Waals surface area contributed by atoms with Gasteiger partial charge < -0.3 is 4.74 Å². The number of amides is 1. The number of sulfonamides is 1. The van der Waals surface area contributed by atoms with E-state index in [0.717, 1.165) is 32.7 Å². The first-order valence-electron chi connectivity index (χ1n) is 10.7. The summed E-state index contributed by atoms with van der Waals surface area (Å²) in [6.45, 7) is 1.45. The number of aryl methyl sites for hydroxylation is 1. The number of hydrazone groups is 1. The Morgan fingerprint density at radius 1 is 1.09 bits per heavy atom. The largest absolute Gasteiger partial charge is 0.489 e. The average Bonchev–Trinajstić information content (AvgIpc) is 2.81. The van der Waals surface area contributed by atoms with Crippen molar-refractivity contribution in [3.63, 3.8) is 0 Å². The van der Waals surface area contributed by atoms with Crippen LogP contribution in [0.25, 0.3) is 0 Å².